The molecule has 0 aliphatic carbocycles. The van der Waals surface area contributed by atoms with E-state index in [0.29, 0.717) is 12.4 Å². The van der Waals surface area contributed by atoms with Gasteiger partial charge in [0.25, 0.3) is 5.91 Å². The van der Waals surface area contributed by atoms with E-state index in [1.54, 1.807) is 36.3 Å². The van der Waals surface area contributed by atoms with E-state index in [1.807, 2.05) is 34.9 Å². The lowest BCUT2D eigenvalue weighted by molar-refractivity contribution is 0.0921. The maximum Gasteiger partial charge on any atom is 0.287 e. The molecule has 0 unspecified atom stereocenters. The molecular weight excluding hydrogens is 386 g/mol. The number of thioether (sulfide) groups is 1. The van der Waals surface area contributed by atoms with Crippen LogP contribution in [0.5, 0.6) is 0 Å². The highest BCUT2D eigenvalue weighted by Crippen LogP contribution is 2.23. The van der Waals surface area contributed by atoms with Crippen LogP contribution >= 0.6 is 11.8 Å². The average molecular weight is 405 g/mol. The number of hydrogen-bond donors (Lipinski definition) is 1. The van der Waals surface area contributed by atoms with E-state index in [2.05, 4.69) is 32.6 Å². The minimum atomic E-state index is -0.282. The molecule has 4 rings (SSSR count). The highest BCUT2D eigenvalue weighted by atomic mass is 32.2. The minimum absolute atomic E-state index is 0.259. The number of rotatable bonds is 8. The Kier molecular flexibility index (Phi) is 6.01. The van der Waals surface area contributed by atoms with Crippen molar-refractivity contribution in [3.63, 3.8) is 0 Å². The highest BCUT2D eigenvalue weighted by Gasteiger charge is 2.15. The van der Waals surface area contributed by atoms with Gasteiger partial charge in [-0.3, -0.25) is 9.78 Å². The van der Waals surface area contributed by atoms with Crippen LogP contribution in [0, 0.1) is 0 Å². The van der Waals surface area contributed by atoms with Crippen molar-refractivity contribution in [2.45, 2.75) is 24.0 Å². The minimum Gasteiger partial charge on any atom is -0.459 e. The van der Waals surface area contributed by atoms with Crippen LogP contribution < -0.4 is 5.32 Å². The summed E-state index contributed by atoms with van der Waals surface area (Å²) in [6, 6.07) is 17.4. The normalized spacial score (nSPS) is 10.8. The van der Waals surface area contributed by atoms with Crippen molar-refractivity contribution in [3.05, 3.63) is 96.0 Å². The van der Waals surface area contributed by atoms with Gasteiger partial charge < -0.3 is 14.3 Å². The van der Waals surface area contributed by atoms with Crippen LogP contribution in [-0.4, -0.2) is 25.7 Å². The van der Waals surface area contributed by atoms with E-state index >= 15 is 0 Å². The molecule has 1 amide bonds. The van der Waals surface area contributed by atoms with Gasteiger partial charge in [-0.2, -0.15) is 0 Å². The average Bonchev–Trinajstić information content (AvgIpc) is 3.43. The molecule has 0 bridgehead atoms. The van der Waals surface area contributed by atoms with Gasteiger partial charge in [-0.15, -0.1) is 10.2 Å². The van der Waals surface area contributed by atoms with E-state index in [1.165, 1.54) is 6.26 Å². The molecule has 1 N–H and O–H groups in total. The first kappa shape index (κ1) is 18.9. The lowest BCUT2D eigenvalue weighted by Crippen LogP contribution is -2.24. The van der Waals surface area contributed by atoms with Gasteiger partial charge in [-0.05, 0) is 35.4 Å². The van der Waals surface area contributed by atoms with Gasteiger partial charge in [-0.25, -0.2) is 0 Å². The zero-order valence-electron chi connectivity index (χ0n) is 15.6. The Hall–Kier alpha value is -3.39. The fraction of sp³-hybridized carbons (Fsp3) is 0.143. The Bertz CT molecular complexity index is 1050. The summed E-state index contributed by atoms with van der Waals surface area (Å²) in [5.41, 5.74) is 2.30. The first-order chi connectivity index (χ1) is 14.3. The van der Waals surface area contributed by atoms with Gasteiger partial charge >= 0.3 is 0 Å². The molecule has 29 heavy (non-hydrogen) atoms. The van der Waals surface area contributed by atoms with Crippen molar-refractivity contribution in [3.8, 4) is 0 Å². The summed E-state index contributed by atoms with van der Waals surface area (Å²) in [6.07, 6.45) is 5.03. The third-order valence-electron chi connectivity index (χ3n) is 4.25. The van der Waals surface area contributed by atoms with E-state index in [4.69, 9.17) is 4.42 Å². The Balaban J connectivity index is 1.51. The number of furan rings is 1. The van der Waals surface area contributed by atoms with E-state index in [0.717, 1.165) is 22.0 Å². The standard InChI is InChI=1S/C21H19N5O2S/c27-20(18-7-4-12-28-18)23-13-19-24-25-21(29-15-17-8-10-22-11-9-17)26(19)14-16-5-2-1-3-6-16/h1-12H,13-15H2,(H,23,27). The van der Waals surface area contributed by atoms with Gasteiger partial charge in [0.05, 0.1) is 19.4 Å². The highest BCUT2D eigenvalue weighted by molar-refractivity contribution is 7.98. The molecule has 7 nitrogen and oxygen atoms in total. The lowest BCUT2D eigenvalue weighted by atomic mass is 10.2. The molecule has 0 saturated carbocycles. The second kappa shape index (κ2) is 9.20. The molecule has 8 heteroatoms. The summed E-state index contributed by atoms with van der Waals surface area (Å²) in [5.74, 6) is 1.43. The number of carbonyl (C=O) groups is 1. The quantitative estimate of drug-likeness (QED) is 0.451. The Morgan fingerprint density at radius 1 is 1.00 bits per heavy atom. The van der Waals surface area contributed by atoms with Gasteiger partial charge in [0, 0.05) is 18.1 Å². The van der Waals surface area contributed by atoms with Crippen molar-refractivity contribution < 1.29 is 9.21 Å². The van der Waals surface area contributed by atoms with Crippen LogP contribution in [0.3, 0.4) is 0 Å². The molecule has 3 aromatic heterocycles. The monoisotopic (exact) mass is 405 g/mol. The second-order valence-electron chi connectivity index (χ2n) is 6.27. The van der Waals surface area contributed by atoms with Gasteiger partial charge in [-0.1, -0.05) is 42.1 Å². The number of pyridine rings is 1. The number of amides is 1. The van der Waals surface area contributed by atoms with Crippen LogP contribution in [-0.2, 0) is 18.8 Å². The zero-order chi connectivity index (χ0) is 19.9. The van der Waals surface area contributed by atoms with Gasteiger partial charge in [0.1, 0.15) is 0 Å². The molecule has 1 aromatic carbocycles. The largest absolute Gasteiger partial charge is 0.459 e. The molecule has 0 aliphatic heterocycles. The third-order valence-corrected chi connectivity index (χ3v) is 5.28. The molecule has 0 spiro atoms. The maximum atomic E-state index is 12.2. The first-order valence-electron chi connectivity index (χ1n) is 9.09. The predicted octanol–water partition coefficient (Wildman–Crippen LogP) is 3.54. The smallest absolute Gasteiger partial charge is 0.287 e. The summed E-state index contributed by atoms with van der Waals surface area (Å²) < 4.78 is 7.17. The number of nitrogens with one attached hydrogen (secondary N) is 1. The fourth-order valence-corrected chi connectivity index (χ4v) is 3.67. The fourth-order valence-electron chi connectivity index (χ4n) is 2.76. The van der Waals surface area contributed by atoms with Crippen LogP contribution in [0.2, 0.25) is 0 Å². The van der Waals surface area contributed by atoms with Crippen LogP contribution in [0.25, 0.3) is 0 Å². The van der Waals surface area contributed by atoms with Crippen molar-refractivity contribution in [1.82, 2.24) is 25.1 Å². The van der Waals surface area contributed by atoms with E-state index < -0.39 is 0 Å². The zero-order valence-corrected chi connectivity index (χ0v) is 16.4. The Labute approximate surface area is 172 Å². The van der Waals surface area contributed by atoms with Crippen molar-refractivity contribution in [2.75, 3.05) is 0 Å². The predicted molar refractivity (Wildman–Crippen MR) is 109 cm³/mol. The molecule has 0 aliphatic rings. The Morgan fingerprint density at radius 2 is 1.83 bits per heavy atom. The number of hydrogen-bond acceptors (Lipinski definition) is 6. The molecule has 4 aromatic rings. The molecule has 0 atom stereocenters. The third kappa shape index (κ3) is 4.91. The lowest BCUT2D eigenvalue weighted by Gasteiger charge is -2.11. The van der Waals surface area contributed by atoms with Gasteiger partial charge in [0.2, 0.25) is 0 Å². The number of carbonyl (C=O) groups excluding carboxylic acids is 1. The summed E-state index contributed by atoms with van der Waals surface area (Å²) in [6.45, 7) is 0.883. The molecule has 0 radical (unpaired) electrons. The molecule has 3 heterocycles. The number of benzene rings is 1. The van der Waals surface area contributed by atoms with Crippen molar-refractivity contribution in [2.24, 2.45) is 0 Å². The molecular formula is C21H19N5O2S. The molecule has 0 fully saturated rings. The molecule has 0 saturated heterocycles. The summed E-state index contributed by atoms with van der Waals surface area (Å²) in [4.78, 5) is 16.2. The van der Waals surface area contributed by atoms with E-state index in [9.17, 15) is 4.79 Å². The van der Waals surface area contributed by atoms with Crippen molar-refractivity contribution >= 4 is 17.7 Å². The van der Waals surface area contributed by atoms with Crippen LogP contribution in [0.4, 0.5) is 0 Å². The van der Waals surface area contributed by atoms with Gasteiger partial charge in [0.15, 0.2) is 16.7 Å². The second-order valence-corrected chi connectivity index (χ2v) is 7.22. The number of nitrogens with zero attached hydrogens (tertiary/aromatic N) is 4. The SMILES string of the molecule is O=C(NCc1nnc(SCc2ccncc2)n1Cc1ccccc1)c1ccco1. The first-order valence-corrected chi connectivity index (χ1v) is 10.1. The summed E-state index contributed by atoms with van der Waals surface area (Å²) >= 11 is 1.60. The Morgan fingerprint density at radius 3 is 2.59 bits per heavy atom. The molecule has 146 valence electrons. The van der Waals surface area contributed by atoms with Crippen molar-refractivity contribution in [1.29, 1.82) is 0 Å². The maximum absolute atomic E-state index is 12.2. The van der Waals surface area contributed by atoms with Crippen LogP contribution in [0.1, 0.15) is 27.5 Å². The topological polar surface area (TPSA) is 85.8 Å². The van der Waals surface area contributed by atoms with Crippen LogP contribution in [0.15, 0.2) is 82.8 Å². The van der Waals surface area contributed by atoms with E-state index in [-0.39, 0.29) is 18.2 Å². The summed E-state index contributed by atoms with van der Waals surface area (Å²) in [7, 11) is 0. The number of aromatic nitrogens is 4. The summed E-state index contributed by atoms with van der Waals surface area (Å²) in [5, 5.41) is 12.3.